The molecule has 0 saturated carbocycles. The van der Waals surface area contributed by atoms with Crippen molar-refractivity contribution in [2.45, 2.75) is 26.3 Å². The normalized spacial score (nSPS) is 17.7. The number of aryl methyl sites for hydroxylation is 1. The number of amides is 2. The maximum atomic E-state index is 13.8. The van der Waals surface area contributed by atoms with Crippen LogP contribution in [-0.4, -0.2) is 35.8 Å². The Labute approximate surface area is 146 Å². The Morgan fingerprint density at radius 1 is 1.16 bits per heavy atom. The highest BCUT2D eigenvalue weighted by Gasteiger charge is 2.34. The van der Waals surface area contributed by atoms with Crippen molar-refractivity contribution < 1.29 is 14.0 Å². The topological polar surface area (TPSA) is 40.6 Å². The number of piperazine rings is 1. The Hall–Kier alpha value is -2.69. The van der Waals surface area contributed by atoms with Gasteiger partial charge in [-0.3, -0.25) is 9.59 Å². The molecule has 2 aromatic rings. The molecule has 5 heteroatoms. The zero-order valence-corrected chi connectivity index (χ0v) is 14.4. The fraction of sp³-hybridized carbons (Fsp3) is 0.300. The lowest BCUT2D eigenvalue weighted by atomic mass is 10.1. The van der Waals surface area contributed by atoms with Crippen LogP contribution in [0.2, 0.25) is 0 Å². The number of carbonyl (C=O) groups is 2. The average molecular weight is 340 g/mol. The van der Waals surface area contributed by atoms with E-state index in [9.17, 15) is 14.0 Å². The van der Waals surface area contributed by atoms with Crippen LogP contribution in [0.4, 0.5) is 10.1 Å². The third kappa shape index (κ3) is 3.55. The zero-order chi connectivity index (χ0) is 18.0. The molecule has 1 atom stereocenters. The minimum absolute atomic E-state index is 0.0678. The number of rotatable bonds is 3. The zero-order valence-electron chi connectivity index (χ0n) is 14.4. The van der Waals surface area contributed by atoms with E-state index in [2.05, 4.69) is 0 Å². The highest BCUT2D eigenvalue weighted by molar-refractivity contribution is 6.00. The summed E-state index contributed by atoms with van der Waals surface area (Å²) in [5.41, 5.74) is 2.01. The second kappa shape index (κ2) is 7.05. The highest BCUT2D eigenvalue weighted by Crippen LogP contribution is 2.23. The Morgan fingerprint density at radius 2 is 1.88 bits per heavy atom. The van der Waals surface area contributed by atoms with Crippen molar-refractivity contribution in [1.29, 1.82) is 0 Å². The first-order valence-corrected chi connectivity index (χ1v) is 8.38. The van der Waals surface area contributed by atoms with Crippen molar-refractivity contribution in [3.63, 3.8) is 0 Å². The molecule has 1 heterocycles. The summed E-state index contributed by atoms with van der Waals surface area (Å²) in [6.45, 7) is 4.21. The Kier molecular flexibility index (Phi) is 4.83. The van der Waals surface area contributed by atoms with Gasteiger partial charge in [0.25, 0.3) is 0 Å². The van der Waals surface area contributed by atoms with Gasteiger partial charge >= 0.3 is 0 Å². The van der Waals surface area contributed by atoms with Crippen LogP contribution in [0, 0.1) is 12.7 Å². The molecule has 4 nitrogen and oxygen atoms in total. The summed E-state index contributed by atoms with van der Waals surface area (Å²) in [6.07, 6.45) is 0.275. The monoisotopic (exact) mass is 340 g/mol. The van der Waals surface area contributed by atoms with Crippen molar-refractivity contribution in [3.05, 3.63) is 65.5 Å². The molecule has 130 valence electrons. The van der Waals surface area contributed by atoms with Crippen molar-refractivity contribution in [2.24, 2.45) is 0 Å². The van der Waals surface area contributed by atoms with Crippen molar-refractivity contribution in [3.8, 4) is 0 Å². The lowest BCUT2D eigenvalue weighted by Crippen LogP contribution is -2.58. The summed E-state index contributed by atoms with van der Waals surface area (Å²) in [6, 6.07) is 13.7. The van der Waals surface area contributed by atoms with E-state index in [1.807, 2.05) is 30.3 Å². The van der Waals surface area contributed by atoms with Crippen LogP contribution in [0.25, 0.3) is 0 Å². The van der Waals surface area contributed by atoms with Gasteiger partial charge in [-0.15, -0.1) is 0 Å². The van der Waals surface area contributed by atoms with Gasteiger partial charge in [-0.05, 0) is 37.1 Å². The van der Waals surface area contributed by atoms with Gasteiger partial charge in [0.1, 0.15) is 11.9 Å². The van der Waals surface area contributed by atoms with E-state index >= 15 is 0 Å². The molecule has 0 N–H and O–H groups in total. The molecule has 1 saturated heterocycles. The number of carbonyl (C=O) groups excluding carboxylic acids is 2. The fourth-order valence-electron chi connectivity index (χ4n) is 3.09. The average Bonchev–Trinajstić information content (AvgIpc) is 2.60. The lowest BCUT2D eigenvalue weighted by molar-refractivity contribution is -0.140. The Bertz CT molecular complexity index is 792. The molecule has 1 fully saturated rings. The maximum Gasteiger partial charge on any atom is 0.249 e. The van der Waals surface area contributed by atoms with Gasteiger partial charge < -0.3 is 9.80 Å². The summed E-state index contributed by atoms with van der Waals surface area (Å²) >= 11 is 0. The number of halogens is 1. The van der Waals surface area contributed by atoms with Gasteiger partial charge in [0.2, 0.25) is 11.8 Å². The number of anilines is 1. The number of nitrogens with zero attached hydrogens (tertiary/aromatic N) is 2. The molecule has 0 aliphatic carbocycles. The van der Waals surface area contributed by atoms with Crippen LogP contribution < -0.4 is 4.90 Å². The largest absolute Gasteiger partial charge is 0.329 e. The Balaban J connectivity index is 1.72. The molecule has 25 heavy (non-hydrogen) atoms. The lowest BCUT2D eigenvalue weighted by Gasteiger charge is -2.39. The second-order valence-corrected chi connectivity index (χ2v) is 6.35. The molecule has 3 rings (SSSR count). The molecule has 2 amide bonds. The SMILES string of the molecule is Cc1ccc(N2CCN(C(=O)Cc3ccccc3)C(C)C2=O)cc1F. The number of hydrogen-bond donors (Lipinski definition) is 0. The van der Waals surface area contributed by atoms with Gasteiger partial charge in [-0.25, -0.2) is 4.39 Å². The van der Waals surface area contributed by atoms with E-state index in [1.54, 1.807) is 35.8 Å². The van der Waals surface area contributed by atoms with Crippen LogP contribution in [0.3, 0.4) is 0 Å². The fourth-order valence-corrected chi connectivity index (χ4v) is 3.09. The third-order valence-corrected chi connectivity index (χ3v) is 4.64. The van der Waals surface area contributed by atoms with E-state index < -0.39 is 6.04 Å². The highest BCUT2D eigenvalue weighted by atomic mass is 19.1. The van der Waals surface area contributed by atoms with Gasteiger partial charge in [0, 0.05) is 18.8 Å². The summed E-state index contributed by atoms with van der Waals surface area (Å²) in [5, 5.41) is 0. The van der Waals surface area contributed by atoms with Crippen molar-refractivity contribution in [2.75, 3.05) is 18.0 Å². The van der Waals surface area contributed by atoms with E-state index in [0.29, 0.717) is 24.3 Å². The molecule has 0 aromatic heterocycles. The molecule has 0 bridgehead atoms. The predicted octanol–water partition coefficient (Wildman–Crippen LogP) is 2.94. The first kappa shape index (κ1) is 17.1. The van der Waals surface area contributed by atoms with E-state index in [1.165, 1.54) is 6.07 Å². The Morgan fingerprint density at radius 3 is 2.56 bits per heavy atom. The van der Waals surface area contributed by atoms with E-state index in [4.69, 9.17) is 0 Å². The summed E-state index contributed by atoms with van der Waals surface area (Å²) in [4.78, 5) is 28.4. The van der Waals surface area contributed by atoms with Crippen LogP contribution in [-0.2, 0) is 16.0 Å². The molecule has 1 unspecified atom stereocenters. The molecule has 0 spiro atoms. The second-order valence-electron chi connectivity index (χ2n) is 6.35. The molecular formula is C20H21FN2O2. The number of hydrogen-bond acceptors (Lipinski definition) is 2. The summed E-state index contributed by atoms with van der Waals surface area (Å²) in [7, 11) is 0. The summed E-state index contributed by atoms with van der Waals surface area (Å²) in [5.74, 6) is -0.585. The minimum atomic E-state index is -0.561. The van der Waals surface area contributed by atoms with Crippen LogP contribution >= 0.6 is 0 Å². The van der Waals surface area contributed by atoms with E-state index in [0.717, 1.165) is 5.56 Å². The molecule has 2 aromatic carbocycles. The summed E-state index contributed by atoms with van der Waals surface area (Å²) < 4.78 is 13.8. The van der Waals surface area contributed by atoms with Gasteiger partial charge in [0.05, 0.1) is 6.42 Å². The third-order valence-electron chi connectivity index (χ3n) is 4.64. The molecule has 1 aliphatic rings. The van der Waals surface area contributed by atoms with Crippen LogP contribution in [0.5, 0.6) is 0 Å². The van der Waals surface area contributed by atoms with Gasteiger partial charge in [0.15, 0.2) is 0 Å². The standard InChI is InChI=1S/C20H21FN2O2/c1-14-8-9-17(13-18(14)21)23-11-10-22(15(2)20(23)25)19(24)12-16-6-4-3-5-7-16/h3-9,13,15H,10-12H2,1-2H3. The van der Waals surface area contributed by atoms with Crippen LogP contribution in [0.1, 0.15) is 18.1 Å². The van der Waals surface area contributed by atoms with Gasteiger partial charge in [-0.2, -0.15) is 0 Å². The van der Waals surface area contributed by atoms with E-state index in [-0.39, 0.29) is 24.1 Å². The number of benzene rings is 2. The first-order chi connectivity index (χ1) is 12.0. The van der Waals surface area contributed by atoms with Gasteiger partial charge in [-0.1, -0.05) is 36.4 Å². The predicted molar refractivity (Wildman–Crippen MR) is 94.8 cm³/mol. The first-order valence-electron chi connectivity index (χ1n) is 8.38. The van der Waals surface area contributed by atoms with Crippen molar-refractivity contribution in [1.82, 2.24) is 4.90 Å². The maximum absolute atomic E-state index is 13.8. The quantitative estimate of drug-likeness (QED) is 0.862. The minimum Gasteiger partial charge on any atom is -0.329 e. The molecular weight excluding hydrogens is 319 g/mol. The smallest absolute Gasteiger partial charge is 0.249 e. The van der Waals surface area contributed by atoms with Crippen molar-refractivity contribution >= 4 is 17.5 Å². The molecule has 1 aliphatic heterocycles. The van der Waals surface area contributed by atoms with Crippen LogP contribution in [0.15, 0.2) is 48.5 Å². The molecule has 0 radical (unpaired) electrons.